The van der Waals surface area contributed by atoms with E-state index in [4.69, 9.17) is 53.6 Å². The predicted molar refractivity (Wildman–Crippen MR) is 259 cm³/mol. The molecule has 1 saturated carbocycles. The fourth-order valence-corrected chi connectivity index (χ4v) is 7.53. The van der Waals surface area contributed by atoms with Crippen LogP contribution >= 0.6 is 48.9 Å². The Morgan fingerprint density at radius 3 is 1.46 bits per heavy atom. The molecule has 1 aliphatic rings. The third-order valence-corrected chi connectivity index (χ3v) is 11.1. The van der Waals surface area contributed by atoms with Crippen molar-refractivity contribution in [2.75, 3.05) is 20.2 Å². The summed E-state index contributed by atoms with van der Waals surface area (Å²) >= 11 is 22.1. The number of rotatable bonds is 18. The molecule has 0 spiro atoms. The van der Waals surface area contributed by atoms with Gasteiger partial charge in [0.05, 0.1) is 7.11 Å². The number of nitrogens with one attached hydrogen (secondary N) is 9. The lowest BCUT2D eigenvalue weighted by molar-refractivity contribution is -0.142. The fraction of sp³-hybridized carbons (Fsp3) is 0.333. The van der Waals surface area contributed by atoms with Crippen molar-refractivity contribution in [3.8, 4) is 0 Å². The highest BCUT2D eigenvalue weighted by Crippen LogP contribution is 2.19. The number of esters is 1. The van der Waals surface area contributed by atoms with Crippen LogP contribution in [0.1, 0.15) is 63.9 Å². The van der Waals surface area contributed by atoms with Gasteiger partial charge in [-0.3, -0.25) is 4.79 Å². The third-order valence-electron chi connectivity index (χ3n) is 10.0. The molecule has 0 saturated heterocycles. The zero-order valence-electron chi connectivity index (χ0n) is 34.3. The first-order valence-corrected chi connectivity index (χ1v) is 22.0. The highest BCUT2D eigenvalue weighted by atomic mass is 32.1. The van der Waals surface area contributed by atoms with Gasteiger partial charge in [0.25, 0.3) is 5.91 Å². The van der Waals surface area contributed by atoms with E-state index in [2.05, 4.69) is 78.2 Å². The van der Waals surface area contributed by atoms with E-state index >= 15 is 0 Å². The zero-order chi connectivity index (χ0) is 43.2. The quantitative estimate of drug-likeness (QED) is 0.0383. The zero-order valence-corrected chi connectivity index (χ0v) is 37.5. The fourth-order valence-electron chi connectivity index (χ4n) is 6.71. The van der Waals surface area contributed by atoms with Crippen molar-refractivity contribution in [1.82, 2.24) is 47.9 Å². The van der Waals surface area contributed by atoms with Gasteiger partial charge in [0.2, 0.25) is 0 Å². The molecule has 0 aliphatic heterocycles. The molecule has 61 heavy (non-hydrogen) atoms. The maximum absolute atomic E-state index is 13.0. The Morgan fingerprint density at radius 2 is 0.967 bits per heavy atom. The lowest BCUT2D eigenvalue weighted by Gasteiger charge is -2.31. The molecule has 4 aromatic carbocycles. The molecule has 1 amide bonds. The minimum Gasteiger partial charge on any atom is -0.467 e. The predicted octanol–water partition coefficient (Wildman–Crippen LogP) is 4.77. The van der Waals surface area contributed by atoms with E-state index in [1.165, 1.54) is 12.7 Å². The van der Waals surface area contributed by atoms with Gasteiger partial charge in [0.1, 0.15) is 6.04 Å². The Kier molecular flexibility index (Phi) is 19.4. The molecule has 16 heteroatoms. The van der Waals surface area contributed by atoms with Crippen molar-refractivity contribution < 1.29 is 14.3 Å². The first-order chi connectivity index (χ1) is 29.6. The summed E-state index contributed by atoms with van der Waals surface area (Å²) < 4.78 is 4.93. The topological polar surface area (TPSA) is 152 Å². The average molecular weight is 898 g/mol. The van der Waals surface area contributed by atoms with Crippen LogP contribution in [0.3, 0.4) is 0 Å². The van der Waals surface area contributed by atoms with Crippen LogP contribution in [0.2, 0.25) is 0 Å². The minimum atomic E-state index is -0.791. The number of hydrogen-bond acceptors (Lipinski definition) is 7. The number of benzene rings is 4. The van der Waals surface area contributed by atoms with Crippen LogP contribution in [0.5, 0.6) is 0 Å². The molecule has 322 valence electrons. The summed E-state index contributed by atoms with van der Waals surface area (Å²) in [7, 11) is 1.32. The molecule has 1 aliphatic carbocycles. The van der Waals surface area contributed by atoms with E-state index in [0.717, 1.165) is 47.9 Å². The number of methoxy groups -OCH3 is 1. The highest BCUT2D eigenvalue weighted by Gasteiger charge is 2.24. The van der Waals surface area contributed by atoms with Gasteiger partial charge >= 0.3 is 5.97 Å². The second-order valence-electron chi connectivity index (χ2n) is 14.7. The van der Waals surface area contributed by atoms with E-state index in [1.807, 2.05) is 66.7 Å². The number of carbonyl (C=O) groups excluding carboxylic acids is 2. The van der Waals surface area contributed by atoms with Gasteiger partial charge < -0.3 is 52.6 Å². The molecule has 0 heterocycles. The van der Waals surface area contributed by atoms with E-state index in [9.17, 15) is 9.59 Å². The van der Waals surface area contributed by atoms with Crippen LogP contribution in [-0.2, 0) is 42.1 Å². The summed E-state index contributed by atoms with van der Waals surface area (Å²) in [5.41, 5.74) is 5.77. The number of ether oxygens (including phenoxy) is 1. The first-order valence-electron chi connectivity index (χ1n) is 20.4. The van der Waals surface area contributed by atoms with Gasteiger partial charge in [-0.15, -0.1) is 0 Å². The van der Waals surface area contributed by atoms with Crippen molar-refractivity contribution in [3.63, 3.8) is 0 Å². The molecular formula is C45H55N9O3S4. The van der Waals surface area contributed by atoms with E-state index in [0.29, 0.717) is 71.7 Å². The maximum atomic E-state index is 13.0. The lowest BCUT2D eigenvalue weighted by Crippen LogP contribution is -2.48. The second-order valence-corrected chi connectivity index (χ2v) is 16.3. The van der Waals surface area contributed by atoms with Crippen LogP contribution in [-0.4, -0.2) is 70.7 Å². The highest BCUT2D eigenvalue weighted by molar-refractivity contribution is 7.80. The molecule has 0 radical (unpaired) electrons. The Balaban J connectivity index is 0.914. The molecule has 9 N–H and O–H groups in total. The van der Waals surface area contributed by atoms with Gasteiger partial charge in [0.15, 0.2) is 20.4 Å². The number of thiocarbonyl (C=S) groups is 4. The minimum absolute atomic E-state index is 0.269. The molecule has 0 bridgehead atoms. The number of hydrogen-bond donors (Lipinski definition) is 9. The van der Waals surface area contributed by atoms with Crippen molar-refractivity contribution >= 4 is 81.2 Å². The van der Waals surface area contributed by atoms with Crippen LogP contribution < -0.4 is 47.9 Å². The van der Waals surface area contributed by atoms with E-state index in [-0.39, 0.29) is 18.0 Å². The van der Waals surface area contributed by atoms with Crippen molar-refractivity contribution in [2.24, 2.45) is 0 Å². The molecule has 12 nitrogen and oxygen atoms in total. The summed E-state index contributed by atoms with van der Waals surface area (Å²) in [5, 5.41) is 31.7. The van der Waals surface area contributed by atoms with E-state index < -0.39 is 12.0 Å². The third kappa shape index (κ3) is 17.2. The Hall–Kier alpha value is -5.42. The molecule has 0 aromatic heterocycles. The van der Waals surface area contributed by atoms with E-state index in [1.54, 1.807) is 12.1 Å². The molecule has 0 unspecified atom stereocenters. The smallest absolute Gasteiger partial charge is 0.328 e. The van der Waals surface area contributed by atoms with Gasteiger partial charge in [-0.2, -0.15) is 0 Å². The lowest BCUT2D eigenvalue weighted by atomic mass is 9.91. The van der Waals surface area contributed by atoms with Crippen LogP contribution in [0.15, 0.2) is 109 Å². The monoisotopic (exact) mass is 897 g/mol. The normalized spacial score (nSPS) is 14.8. The first kappa shape index (κ1) is 46.6. The van der Waals surface area contributed by atoms with Crippen LogP contribution in [0, 0.1) is 0 Å². The molecular weight excluding hydrogens is 843 g/mol. The molecule has 4 aromatic rings. The molecule has 1 fully saturated rings. The van der Waals surface area contributed by atoms with Gasteiger partial charge in [-0.25, -0.2) is 4.79 Å². The van der Waals surface area contributed by atoms with Crippen molar-refractivity contribution in [3.05, 3.63) is 143 Å². The maximum Gasteiger partial charge on any atom is 0.328 e. The molecule has 1 atom stereocenters. The Morgan fingerprint density at radius 1 is 0.541 bits per heavy atom. The van der Waals surface area contributed by atoms with Gasteiger partial charge in [-0.1, -0.05) is 97.1 Å². The van der Waals surface area contributed by atoms with Gasteiger partial charge in [0, 0.05) is 63.3 Å². The standard InChI is InChI=1S/C45H55N9O3S4/c1-57-41(56)39(26-31-9-4-2-5-10-31)54-40(55)36-17-15-33(16-18-36)28-50-44(60)52-37-19-21-38(22-20-37)53-45(61)51-30-35-14-8-13-34(25-35)29-49-43(59)47-24-23-46-42(58)48-27-32-11-6-3-7-12-32/h2-18,25,37-39H,19-24,26-30H2,1H3,(H,54,55)(H2,46,48,58)(H2,47,49,59)(H2,50,52,60)(H2,51,53,61)/t37?,38?,39-/m0/s1. The summed E-state index contributed by atoms with van der Waals surface area (Å²) in [5.74, 6) is -0.835. The van der Waals surface area contributed by atoms with Crippen molar-refractivity contribution in [1.29, 1.82) is 0 Å². The number of amides is 1. The second kappa shape index (κ2) is 25.4. The summed E-state index contributed by atoms with van der Waals surface area (Å²) in [6.07, 6.45) is 4.20. The summed E-state index contributed by atoms with van der Waals surface area (Å²) in [4.78, 5) is 25.3. The SMILES string of the molecule is COC(=O)[C@H](Cc1ccccc1)NC(=O)c1ccc(CNC(=S)NC2CCC(NC(=S)NCc3cccc(CNC(=S)NCCNC(=S)NCc4ccccc4)c3)CC2)cc1. The van der Waals surface area contributed by atoms with Crippen LogP contribution in [0.4, 0.5) is 0 Å². The van der Waals surface area contributed by atoms with Crippen LogP contribution in [0.25, 0.3) is 0 Å². The Bertz CT molecular complexity index is 2050. The molecule has 5 rings (SSSR count). The van der Waals surface area contributed by atoms with Gasteiger partial charge in [-0.05, 0) is 115 Å². The summed E-state index contributed by atoms with van der Waals surface area (Å²) in [6.45, 7) is 3.69. The average Bonchev–Trinajstić information content (AvgIpc) is 3.28. The largest absolute Gasteiger partial charge is 0.467 e. The number of carbonyl (C=O) groups is 2. The van der Waals surface area contributed by atoms with Crippen molar-refractivity contribution in [2.45, 2.75) is 76.4 Å². The summed E-state index contributed by atoms with van der Waals surface area (Å²) in [6, 6.07) is 35.0. The Labute approximate surface area is 380 Å².